The van der Waals surface area contributed by atoms with Gasteiger partial charge in [0.2, 0.25) is 11.7 Å². The number of hydrogen-bond donors (Lipinski definition) is 0. The fraction of sp³-hybridized carbons (Fsp3) is 0.526. The van der Waals surface area contributed by atoms with Gasteiger partial charge < -0.3 is 14.3 Å². The number of benzene rings is 1. The van der Waals surface area contributed by atoms with Crippen LogP contribution in [-0.2, 0) is 4.79 Å². The zero-order valence-corrected chi connectivity index (χ0v) is 14.4. The number of anilines is 1. The van der Waals surface area contributed by atoms with Gasteiger partial charge in [0.1, 0.15) is 0 Å². The molecular formula is C19H24N4O2. The third-order valence-electron chi connectivity index (χ3n) is 5.23. The molecule has 0 radical (unpaired) electrons. The third kappa shape index (κ3) is 3.52. The number of carbonyl (C=O) groups is 1. The Morgan fingerprint density at radius 1 is 1.00 bits per heavy atom. The van der Waals surface area contributed by atoms with Gasteiger partial charge in [-0.2, -0.15) is 4.98 Å². The van der Waals surface area contributed by atoms with Gasteiger partial charge in [-0.25, -0.2) is 0 Å². The van der Waals surface area contributed by atoms with Crippen LogP contribution in [-0.4, -0.2) is 47.1 Å². The van der Waals surface area contributed by atoms with Crippen LogP contribution in [0.3, 0.4) is 0 Å². The molecule has 0 aliphatic carbocycles. The molecule has 6 heteroatoms. The predicted octanol–water partition coefficient (Wildman–Crippen LogP) is 2.97. The number of amides is 1. The van der Waals surface area contributed by atoms with Crippen molar-refractivity contribution in [3.8, 4) is 11.4 Å². The molecule has 0 atom stereocenters. The molecule has 3 heterocycles. The standard InChI is InChI=1S/C19H24N4O2/c24-18(22-11-5-2-6-12-22)16-9-13-23(14-10-16)19-20-17(21-25-19)15-7-3-1-4-8-15/h1,3-4,7-8,16H,2,5-6,9-14H2. The van der Waals surface area contributed by atoms with Crippen LogP contribution in [0.1, 0.15) is 32.1 Å². The summed E-state index contributed by atoms with van der Waals surface area (Å²) in [4.78, 5) is 21.3. The van der Waals surface area contributed by atoms with Crippen LogP contribution < -0.4 is 4.90 Å². The van der Waals surface area contributed by atoms with Gasteiger partial charge in [-0.3, -0.25) is 4.79 Å². The first-order valence-electron chi connectivity index (χ1n) is 9.24. The highest BCUT2D eigenvalue weighted by Gasteiger charge is 2.30. The monoisotopic (exact) mass is 340 g/mol. The summed E-state index contributed by atoms with van der Waals surface area (Å²) in [7, 11) is 0. The summed E-state index contributed by atoms with van der Waals surface area (Å²) in [5, 5.41) is 4.09. The molecule has 2 aliphatic rings. The van der Waals surface area contributed by atoms with Gasteiger partial charge in [0.05, 0.1) is 0 Å². The van der Waals surface area contributed by atoms with Crippen LogP contribution in [0.5, 0.6) is 0 Å². The van der Waals surface area contributed by atoms with E-state index in [0.29, 0.717) is 17.7 Å². The summed E-state index contributed by atoms with van der Waals surface area (Å²) < 4.78 is 5.44. The van der Waals surface area contributed by atoms with Gasteiger partial charge in [0.25, 0.3) is 0 Å². The van der Waals surface area contributed by atoms with E-state index >= 15 is 0 Å². The molecule has 1 aromatic carbocycles. The molecule has 0 unspecified atom stereocenters. The highest BCUT2D eigenvalue weighted by Crippen LogP contribution is 2.26. The Bertz CT molecular complexity index is 701. The number of piperidine rings is 2. The van der Waals surface area contributed by atoms with Crippen molar-refractivity contribution in [2.24, 2.45) is 5.92 Å². The van der Waals surface area contributed by atoms with Crippen molar-refractivity contribution in [1.82, 2.24) is 15.0 Å². The van der Waals surface area contributed by atoms with Crippen LogP contribution in [0, 0.1) is 5.92 Å². The molecule has 2 fully saturated rings. The lowest BCUT2D eigenvalue weighted by Gasteiger charge is -2.34. The molecule has 4 rings (SSSR count). The van der Waals surface area contributed by atoms with Gasteiger partial charge in [-0.05, 0) is 32.1 Å². The zero-order chi connectivity index (χ0) is 17.1. The Balaban J connectivity index is 1.36. The van der Waals surface area contributed by atoms with Crippen molar-refractivity contribution in [1.29, 1.82) is 0 Å². The molecule has 132 valence electrons. The quantitative estimate of drug-likeness (QED) is 0.859. The second-order valence-electron chi connectivity index (χ2n) is 6.91. The second kappa shape index (κ2) is 7.25. The first-order chi connectivity index (χ1) is 12.3. The van der Waals surface area contributed by atoms with E-state index in [1.54, 1.807) is 0 Å². The van der Waals surface area contributed by atoms with Crippen LogP contribution in [0.4, 0.5) is 6.01 Å². The first-order valence-corrected chi connectivity index (χ1v) is 9.24. The van der Waals surface area contributed by atoms with E-state index in [4.69, 9.17) is 4.52 Å². The average Bonchev–Trinajstić information content (AvgIpc) is 3.19. The molecule has 6 nitrogen and oxygen atoms in total. The molecule has 2 aromatic rings. The van der Waals surface area contributed by atoms with Gasteiger partial charge in [0, 0.05) is 37.7 Å². The minimum Gasteiger partial charge on any atom is -0.342 e. The second-order valence-corrected chi connectivity index (χ2v) is 6.91. The van der Waals surface area contributed by atoms with Crippen LogP contribution in [0.25, 0.3) is 11.4 Å². The summed E-state index contributed by atoms with van der Waals surface area (Å²) in [5.74, 6) is 1.10. The molecular weight excluding hydrogens is 316 g/mol. The van der Waals surface area contributed by atoms with Crippen molar-refractivity contribution in [2.45, 2.75) is 32.1 Å². The molecule has 0 spiro atoms. The fourth-order valence-electron chi connectivity index (χ4n) is 3.74. The smallest absolute Gasteiger partial charge is 0.324 e. The van der Waals surface area contributed by atoms with E-state index in [-0.39, 0.29) is 5.92 Å². The molecule has 0 bridgehead atoms. The van der Waals surface area contributed by atoms with E-state index in [1.807, 2.05) is 30.3 Å². The van der Waals surface area contributed by atoms with Crippen molar-refractivity contribution >= 4 is 11.9 Å². The highest BCUT2D eigenvalue weighted by molar-refractivity contribution is 5.79. The number of carbonyl (C=O) groups excluding carboxylic acids is 1. The van der Waals surface area contributed by atoms with E-state index in [9.17, 15) is 4.79 Å². The molecule has 0 saturated carbocycles. The molecule has 2 aliphatic heterocycles. The molecule has 2 saturated heterocycles. The topological polar surface area (TPSA) is 62.5 Å². The van der Waals surface area contributed by atoms with Crippen LogP contribution in [0.15, 0.2) is 34.9 Å². The lowest BCUT2D eigenvalue weighted by atomic mass is 9.94. The van der Waals surface area contributed by atoms with E-state index in [0.717, 1.165) is 57.4 Å². The Labute approximate surface area is 147 Å². The molecule has 25 heavy (non-hydrogen) atoms. The minimum atomic E-state index is 0.144. The Morgan fingerprint density at radius 3 is 2.44 bits per heavy atom. The fourth-order valence-corrected chi connectivity index (χ4v) is 3.74. The Morgan fingerprint density at radius 2 is 1.72 bits per heavy atom. The van der Waals surface area contributed by atoms with Gasteiger partial charge in [-0.15, -0.1) is 0 Å². The van der Waals surface area contributed by atoms with Crippen molar-refractivity contribution in [3.63, 3.8) is 0 Å². The van der Waals surface area contributed by atoms with Crippen LogP contribution >= 0.6 is 0 Å². The maximum Gasteiger partial charge on any atom is 0.324 e. The maximum atomic E-state index is 12.6. The number of rotatable bonds is 3. The van der Waals surface area contributed by atoms with E-state index < -0.39 is 0 Å². The Hall–Kier alpha value is -2.37. The highest BCUT2D eigenvalue weighted by atomic mass is 16.5. The third-order valence-corrected chi connectivity index (χ3v) is 5.23. The van der Waals surface area contributed by atoms with Gasteiger partial charge in [-0.1, -0.05) is 35.5 Å². The number of aromatic nitrogens is 2. The first kappa shape index (κ1) is 16.1. The summed E-state index contributed by atoms with van der Waals surface area (Å²) in [6.45, 7) is 3.45. The summed E-state index contributed by atoms with van der Waals surface area (Å²) >= 11 is 0. The maximum absolute atomic E-state index is 12.6. The average molecular weight is 340 g/mol. The number of hydrogen-bond acceptors (Lipinski definition) is 5. The Kier molecular flexibility index (Phi) is 4.68. The molecule has 1 aromatic heterocycles. The van der Waals surface area contributed by atoms with Crippen molar-refractivity contribution in [2.75, 3.05) is 31.1 Å². The predicted molar refractivity (Wildman–Crippen MR) is 95.1 cm³/mol. The summed E-state index contributed by atoms with van der Waals surface area (Å²) in [5.41, 5.74) is 0.952. The minimum absolute atomic E-state index is 0.144. The number of likely N-dealkylation sites (tertiary alicyclic amines) is 1. The molecule has 1 amide bonds. The lowest BCUT2D eigenvalue weighted by molar-refractivity contribution is -0.137. The van der Waals surface area contributed by atoms with E-state index in [1.165, 1.54) is 6.42 Å². The van der Waals surface area contributed by atoms with Gasteiger partial charge >= 0.3 is 6.01 Å². The SMILES string of the molecule is O=C(C1CCN(c2nc(-c3ccccc3)no2)CC1)N1CCCCC1. The molecule has 0 N–H and O–H groups in total. The van der Waals surface area contributed by atoms with E-state index in [2.05, 4.69) is 19.9 Å². The lowest BCUT2D eigenvalue weighted by Crippen LogP contribution is -2.44. The normalized spacial score (nSPS) is 19.2. The number of nitrogens with zero attached hydrogens (tertiary/aromatic N) is 4. The van der Waals surface area contributed by atoms with Crippen molar-refractivity contribution in [3.05, 3.63) is 30.3 Å². The van der Waals surface area contributed by atoms with Crippen LogP contribution in [0.2, 0.25) is 0 Å². The van der Waals surface area contributed by atoms with Crippen molar-refractivity contribution < 1.29 is 9.32 Å². The summed E-state index contributed by atoms with van der Waals surface area (Å²) in [6.07, 6.45) is 5.27. The zero-order valence-electron chi connectivity index (χ0n) is 14.4. The largest absolute Gasteiger partial charge is 0.342 e. The summed E-state index contributed by atoms with van der Waals surface area (Å²) in [6, 6.07) is 10.4. The van der Waals surface area contributed by atoms with Gasteiger partial charge in [0.15, 0.2) is 0 Å².